The lowest BCUT2D eigenvalue weighted by molar-refractivity contribution is 0.191. The van der Waals surface area contributed by atoms with E-state index in [0.717, 1.165) is 6.54 Å². The SMILES string of the molecule is CCCCc1ccc(CNCC(C)O)cc1. The molecular formula is C14H23NO. The van der Waals surface area contributed by atoms with Crippen LogP contribution in [0.25, 0.3) is 0 Å². The van der Waals surface area contributed by atoms with Crippen molar-refractivity contribution in [3.8, 4) is 0 Å². The molecule has 0 aromatic heterocycles. The van der Waals surface area contributed by atoms with Crippen molar-refractivity contribution in [2.45, 2.75) is 45.8 Å². The fourth-order valence-corrected chi connectivity index (χ4v) is 1.63. The number of benzene rings is 1. The van der Waals surface area contributed by atoms with E-state index in [1.165, 1.54) is 30.4 Å². The summed E-state index contributed by atoms with van der Waals surface area (Å²) in [4.78, 5) is 0. The Labute approximate surface area is 98.7 Å². The molecule has 2 N–H and O–H groups in total. The number of unbranched alkanes of at least 4 members (excludes halogenated alkanes) is 1. The molecule has 0 bridgehead atoms. The molecule has 1 aromatic rings. The number of aliphatic hydroxyl groups excluding tert-OH is 1. The first-order chi connectivity index (χ1) is 7.72. The zero-order valence-corrected chi connectivity index (χ0v) is 10.4. The van der Waals surface area contributed by atoms with Gasteiger partial charge in [0.05, 0.1) is 6.10 Å². The van der Waals surface area contributed by atoms with Crippen molar-refractivity contribution >= 4 is 0 Å². The Morgan fingerprint density at radius 1 is 1.19 bits per heavy atom. The summed E-state index contributed by atoms with van der Waals surface area (Å²) in [5, 5.41) is 12.3. The van der Waals surface area contributed by atoms with Crippen molar-refractivity contribution in [3.63, 3.8) is 0 Å². The molecule has 0 spiro atoms. The van der Waals surface area contributed by atoms with Gasteiger partial charge in [0.25, 0.3) is 0 Å². The number of rotatable bonds is 7. The van der Waals surface area contributed by atoms with Crippen LogP contribution in [0.4, 0.5) is 0 Å². The molecule has 0 radical (unpaired) electrons. The van der Waals surface area contributed by atoms with Crippen LogP contribution in [0.1, 0.15) is 37.8 Å². The maximum Gasteiger partial charge on any atom is 0.0636 e. The van der Waals surface area contributed by atoms with Gasteiger partial charge in [-0.2, -0.15) is 0 Å². The highest BCUT2D eigenvalue weighted by Gasteiger charge is 1.97. The molecule has 0 aliphatic rings. The zero-order valence-electron chi connectivity index (χ0n) is 10.4. The lowest BCUT2D eigenvalue weighted by atomic mass is 10.1. The van der Waals surface area contributed by atoms with Crippen molar-refractivity contribution in [1.29, 1.82) is 0 Å². The molecule has 1 unspecified atom stereocenters. The largest absolute Gasteiger partial charge is 0.392 e. The van der Waals surface area contributed by atoms with Gasteiger partial charge in [0.1, 0.15) is 0 Å². The Morgan fingerprint density at radius 3 is 2.38 bits per heavy atom. The highest BCUT2D eigenvalue weighted by atomic mass is 16.3. The van der Waals surface area contributed by atoms with Gasteiger partial charge < -0.3 is 10.4 Å². The second-order valence-electron chi connectivity index (χ2n) is 4.40. The molecule has 0 saturated carbocycles. The number of hydrogen-bond acceptors (Lipinski definition) is 2. The number of hydrogen-bond donors (Lipinski definition) is 2. The second-order valence-corrected chi connectivity index (χ2v) is 4.40. The number of nitrogens with one attached hydrogen (secondary N) is 1. The Kier molecular flexibility index (Phi) is 6.12. The first kappa shape index (κ1) is 13.2. The van der Waals surface area contributed by atoms with E-state index in [-0.39, 0.29) is 6.10 Å². The molecule has 1 rings (SSSR count). The molecule has 0 fully saturated rings. The first-order valence-corrected chi connectivity index (χ1v) is 6.19. The fraction of sp³-hybridized carbons (Fsp3) is 0.571. The van der Waals surface area contributed by atoms with Crippen LogP contribution in [0.3, 0.4) is 0 Å². The Bertz CT molecular complexity index is 279. The third-order valence-corrected chi connectivity index (χ3v) is 2.61. The summed E-state index contributed by atoms with van der Waals surface area (Å²) in [6, 6.07) is 8.74. The predicted molar refractivity (Wildman–Crippen MR) is 68.4 cm³/mol. The van der Waals surface area contributed by atoms with Gasteiger partial charge in [0, 0.05) is 13.1 Å². The third kappa shape index (κ3) is 5.29. The molecule has 0 aliphatic carbocycles. The fourth-order valence-electron chi connectivity index (χ4n) is 1.63. The van der Waals surface area contributed by atoms with E-state index in [4.69, 9.17) is 5.11 Å². The number of aliphatic hydroxyl groups is 1. The smallest absolute Gasteiger partial charge is 0.0636 e. The van der Waals surface area contributed by atoms with E-state index in [1.54, 1.807) is 6.92 Å². The standard InChI is InChI=1S/C14H23NO/c1-3-4-5-13-6-8-14(9-7-13)11-15-10-12(2)16/h6-9,12,15-16H,3-5,10-11H2,1-2H3. The summed E-state index contributed by atoms with van der Waals surface area (Å²) in [5.41, 5.74) is 2.70. The van der Waals surface area contributed by atoms with Crippen LogP contribution in [-0.4, -0.2) is 17.8 Å². The van der Waals surface area contributed by atoms with Gasteiger partial charge in [-0.25, -0.2) is 0 Å². The van der Waals surface area contributed by atoms with Crippen LogP contribution in [0, 0.1) is 0 Å². The summed E-state index contributed by atoms with van der Waals surface area (Å²) >= 11 is 0. The average molecular weight is 221 g/mol. The normalized spacial score (nSPS) is 12.7. The van der Waals surface area contributed by atoms with Crippen molar-refractivity contribution in [2.75, 3.05) is 6.54 Å². The molecule has 2 nitrogen and oxygen atoms in total. The highest BCUT2D eigenvalue weighted by Crippen LogP contribution is 2.07. The van der Waals surface area contributed by atoms with Gasteiger partial charge >= 0.3 is 0 Å². The number of aryl methyl sites for hydroxylation is 1. The summed E-state index contributed by atoms with van der Waals surface area (Å²) in [6.45, 7) is 5.49. The monoisotopic (exact) mass is 221 g/mol. The van der Waals surface area contributed by atoms with Crippen LogP contribution < -0.4 is 5.32 Å². The molecule has 0 aliphatic heterocycles. The average Bonchev–Trinajstić information content (AvgIpc) is 2.27. The lowest BCUT2D eigenvalue weighted by Crippen LogP contribution is -2.23. The molecule has 2 heteroatoms. The lowest BCUT2D eigenvalue weighted by Gasteiger charge is -2.07. The second kappa shape index (κ2) is 7.42. The third-order valence-electron chi connectivity index (χ3n) is 2.61. The zero-order chi connectivity index (χ0) is 11.8. The first-order valence-electron chi connectivity index (χ1n) is 6.19. The Morgan fingerprint density at radius 2 is 1.81 bits per heavy atom. The molecular weight excluding hydrogens is 198 g/mol. The van der Waals surface area contributed by atoms with Crippen LogP contribution in [-0.2, 0) is 13.0 Å². The minimum Gasteiger partial charge on any atom is -0.392 e. The minimum absolute atomic E-state index is 0.274. The molecule has 16 heavy (non-hydrogen) atoms. The van der Waals surface area contributed by atoms with Crippen LogP contribution in [0.5, 0.6) is 0 Å². The van der Waals surface area contributed by atoms with Crippen LogP contribution in [0.15, 0.2) is 24.3 Å². The molecule has 1 atom stereocenters. The topological polar surface area (TPSA) is 32.3 Å². The van der Waals surface area contributed by atoms with Gasteiger partial charge in [-0.15, -0.1) is 0 Å². The molecule has 1 aromatic carbocycles. The van der Waals surface area contributed by atoms with Gasteiger partial charge in [0.2, 0.25) is 0 Å². The van der Waals surface area contributed by atoms with Crippen LogP contribution in [0.2, 0.25) is 0 Å². The maximum absolute atomic E-state index is 9.11. The minimum atomic E-state index is -0.274. The van der Waals surface area contributed by atoms with Crippen molar-refractivity contribution in [2.24, 2.45) is 0 Å². The molecule has 0 amide bonds. The van der Waals surface area contributed by atoms with Gasteiger partial charge in [-0.1, -0.05) is 37.6 Å². The van der Waals surface area contributed by atoms with Crippen molar-refractivity contribution in [3.05, 3.63) is 35.4 Å². The predicted octanol–water partition coefficient (Wildman–Crippen LogP) is 2.50. The maximum atomic E-state index is 9.11. The van der Waals surface area contributed by atoms with E-state index in [2.05, 4.69) is 36.5 Å². The van der Waals surface area contributed by atoms with Gasteiger partial charge in [-0.3, -0.25) is 0 Å². The van der Waals surface area contributed by atoms with E-state index >= 15 is 0 Å². The van der Waals surface area contributed by atoms with Crippen molar-refractivity contribution < 1.29 is 5.11 Å². The summed E-state index contributed by atoms with van der Waals surface area (Å²) in [7, 11) is 0. The van der Waals surface area contributed by atoms with Gasteiger partial charge in [0.15, 0.2) is 0 Å². The van der Waals surface area contributed by atoms with Gasteiger partial charge in [-0.05, 0) is 30.9 Å². The Hall–Kier alpha value is -0.860. The summed E-state index contributed by atoms with van der Waals surface area (Å²) in [6.07, 6.45) is 3.42. The molecule has 90 valence electrons. The van der Waals surface area contributed by atoms with Crippen molar-refractivity contribution in [1.82, 2.24) is 5.32 Å². The van der Waals surface area contributed by atoms with Crippen LogP contribution >= 0.6 is 0 Å². The van der Waals surface area contributed by atoms with E-state index in [1.807, 2.05) is 0 Å². The Balaban J connectivity index is 2.33. The summed E-state index contributed by atoms with van der Waals surface area (Å²) in [5.74, 6) is 0. The summed E-state index contributed by atoms with van der Waals surface area (Å²) < 4.78 is 0. The molecule has 0 heterocycles. The van der Waals surface area contributed by atoms with E-state index in [0.29, 0.717) is 6.54 Å². The van der Waals surface area contributed by atoms with E-state index in [9.17, 15) is 0 Å². The highest BCUT2D eigenvalue weighted by molar-refractivity contribution is 5.22. The van der Waals surface area contributed by atoms with E-state index < -0.39 is 0 Å². The quantitative estimate of drug-likeness (QED) is 0.741. The molecule has 0 saturated heterocycles.